The minimum Gasteiger partial charge on any atom is -0.481 e. The summed E-state index contributed by atoms with van der Waals surface area (Å²) in [5.74, 6) is -0.838. The number of amides is 2. The maximum atomic E-state index is 12.0. The van der Waals surface area contributed by atoms with Crippen molar-refractivity contribution < 1.29 is 14.7 Å². The van der Waals surface area contributed by atoms with Crippen LogP contribution in [0, 0.1) is 19.3 Å². The summed E-state index contributed by atoms with van der Waals surface area (Å²) in [6.07, 6.45) is 2.15. The molecule has 0 saturated heterocycles. The number of carbonyl (C=O) groups is 2. The van der Waals surface area contributed by atoms with Crippen molar-refractivity contribution >= 4 is 23.3 Å². The molecule has 2 amide bonds. The molecular weight excluding hydrogens is 288 g/mol. The van der Waals surface area contributed by atoms with E-state index in [1.165, 1.54) is 10.4 Å². The van der Waals surface area contributed by atoms with Gasteiger partial charge in [0.2, 0.25) is 0 Å². The van der Waals surface area contributed by atoms with Crippen molar-refractivity contribution in [1.29, 1.82) is 0 Å². The Balaban J connectivity index is 1.88. The molecule has 1 heterocycles. The third-order valence-electron chi connectivity index (χ3n) is 4.39. The van der Waals surface area contributed by atoms with Crippen molar-refractivity contribution in [3.63, 3.8) is 0 Å². The maximum absolute atomic E-state index is 12.0. The predicted octanol–water partition coefficient (Wildman–Crippen LogP) is 2.81. The molecule has 6 heteroatoms. The van der Waals surface area contributed by atoms with Crippen molar-refractivity contribution in [3.05, 3.63) is 21.4 Å². The van der Waals surface area contributed by atoms with Crippen molar-refractivity contribution in [1.82, 2.24) is 10.6 Å². The third kappa shape index (κ3) is 3.37. The van der Waals surface area contributed by atoms with Crippen LogP contribution in [0.4, 0.5) is 4.79 Å². The average Bonchev–Trinajstić information content (AvgIpc) is 2.93. The third-order valence-corrected chi connectivity index (χ3v) is 5.54. The molecule has 3 N–H and O–H groups in total. The summed E-state index contributed by atoms with van der Waals surface area (Å²) in [4.78, 5) is 25.7. The number of aryl methyl sites for hydroxylation is 2. The summed E-state index contributed by atoms with van der Waals surface area (Å²) in [6.45, 7) is 6.29. The molecule has 1 saturated carbocycles. The second-order valence-corrected chi connectivity index (χ2v) is 7.29. The first kappa shape index (κ1) is 15.8. The highest BCUT2D eigenvalue weighted by molar-refractivity contribution is 7.12. The minimum absolute atomic E-state index is 0.293. The Kier molecular flexibility index (Phi) is 4.56. The highest BCUT2D eigenvalue weighted by Crippen LogP contribution is 2.38. The molecule has 0 spiro atoms. The van der Waals surface area contributed by atoms with Crippen LogP contribution in [-0.4, -0.2) is 23.1 Å². The molecule has 0 radical (unpaired) electrons. The van der Waals surface area contributed by atoms with Crippen LogP contribution in [0.3, 0.4) is 0 Å². The highest BCUT2D eigenvalue weighted by atomic mass is 32.1. The van der Waals surface area contributed by atoms with Crippen LogP contribution in [0.15, 0.2) is 6.07 Å². The van der Waals surface area contributed by atoms with Crippen molar-refractivity contribution in [2.75, 3.05) is 0 Å². The zero-order chi connectivity index (χ0) is 15.6. The quantitative estimate of drug-likeness (QED) is 0.800. The summed E-state index contributed by atoms with van der Waals surface area (Å²) in [6, 6.07) is 1.47. The van der Waals surface area contributed by atoms with Gasteiger partial charge in [-0.3, -0.25) is 4.79 Å². The molecule has 116 valence electrons. The van der Waals surface area contributed by atoms with Gasteiger partial charge in [-0.2, -0.15) is 0 Å². The summed E-state index contributed by atoms with van der Waals surface area (Å²) in [7, 11) is 0. The predicted molar refractivity (Wildman–Crippen MR) is 82.5 cm³/mol. The molecule has 0 aromatic carbocycles. The van der Waals surface area contributed by atoms with Crippen molar-refractivity contribution in [2.45, 2.75) is 52.6 Å². The number of aliphatic carboxylic acids is 1. The molecule has 0 bridgehead atoms. The number of urea groups is 1. The summed E-state index contributed by atoms with van der Waals surface area (Å²) < 4.78 is 0. The van der Waals surface area contributed by atoms with E-state index in [-0.39, 0.29) is 12.1 Å². The molecular formula is C15H22N2O3S. The Morgan fingerprint density at radius 3 is 2.76 bits per heavy atom. The number of nitrogens with one attached hydrogen (secondary N) is 2. The van der Waals surface area contributed by atoms with E-state index >= 15 is 0 Å². The van der Waals surface area contributed by atoms with E-state index in [9.17, 15) is 14.7 Å². The molecule has 2 unspecified atom stereocenters. The smallest absolute Gasteiger partial charge is 0.315 e. The monoisotopic (exact) mass is 310 g/mol. The fourth-order valence-corrected chi connectivity index (χ4v) is 3.76. The largest absolute Gasteiger partial charge is 0.481 e. The maximum Gasteiger partial charge on any atom is 0.315 e. The van der Waals surface area contributed by atoms with Crippen LogP contribution in [0.1, 0.15) is 41.5 Å². The van der Waals surface area contributed by atoms with E-state index in [2.05, 4.69) is 23.6 Å². The fraction of sp³-hybridized carbons (Fsp3) is 0.600. The van der Waals surface area contributed by atoms with Gasteiger partial charge in [-0.25, -0.2) is 4.79 Å². The summed E-state index contributed by atoms with van der Waals surface area (Å²) in [5.41, 5.74) is 0.374. The highest BCUT2D eigenvalue weighted by Gasteiger charge is 2.45. The van der Waals surface area contributed by atoms with Crippen LogP contribution in [0.2, 0.25) is 0 Å². The van der Waals surface area contributed by atoms with Crippen LogP contribution in [0.25, 0.3) is 0 Å². The van der Waals surface area contributed by atoms with Crippen molar-refractivity contribution in [2.24, 2.45) is 5.41 Å². The van der Waals surface area contributed by atoms with Crippen molar-refractivity contribution in [3.8, 4) is 0 Å². The Morgan fingerprint density at radius 2 is 2.19 bits per heavy atom. The van der Waals surface area contributed by atoms with E-state index in [1.807, 2.05) is 6.92 Å². The van der Waals surface area contributed by atoms with Gasteiger partial charge in [0.05, 0.1) is 12.0 Å². The van der Waals surface area contributed by atoms with Gasteiger partial charge in [0.1, 0.15) is 0 Å². The molecule has 1 fully saturated rings. The molecule has 1 aromatic heterocycles. The van der Waals surface area contributed by atoms with E-state index < -0.39 is 11.4 Å². The molecule has 1 aromatic rings. The molecule has 21 heavy (non-hydrogen) atoms. The van der Waals surface area contributed by atoms with Crippen LogP contribution in [0.5, 0.6) is 0 Å². The molecule has 2 atom stereocenters. The van der Waals surface area contributed by atoms with E-state index in [1.54, 1.807) is 18.3 Å². The minimum atomic E-state index is -0.854. The number of rotatable bonds is 4. The Labute approximate surface area is 128 Å². The number of thiophene rings is 1. The van der Waals surface area contributed by atoms with Crippen LogP contribution >= 0.6 is 11.3 Å². The first-order valence-electron chi connectivity index (χ1n) is 7.16. The molecule has 1 aliphatic rings. The standard InChI is InChI=1S/C15H22N2O3S/c1-9-7-11(21-10(9)2)8-16-14(20)17-12-5-4-6-15(12,3)13(18)19/h7,12H,4-6,8H2,1-3H3,(H,18,19)(H2,16,17,20). The van der Waals surface area contributed by atoms with Gasteiger partial charge >= 0.3 is 12.0 Å². The van der Waals surface area contributed by atoms with E-state index in [0.717, 1.165) is 11.3 Å². The van der Waals surface area contributed by atoms with Gasteiger partial charge < -0.3 is 15.7 Å². The lowest BCUT2D eigenvalue weighted by Crippen LogP contribution is -2.50. The SMILES string of the molecule is Cc1cc(CNC(=O)NC2CCCC2(C)C(=O)O)sc1C. The first-order valence-corrected chi connectivity index (χ1v) is 7.98. The molecule has 5 nitrogen and oxygen atoms in total. The Bertz CT molecular complexity index is 536. The topological polar surface area (TPSA) is 78.4 Å². The summed E-state index contributed by atoms with van der Waals surface area (Å²) >= 11 is 1.67. The van der Waals surface area contributed by atoms with Gasteiger partial charge in [-0.15, -0.1) is 11.3 Å². The van der Waals surface area contributed by atoms with E-state index in [0.29, 0.717) is 19.4 Å². The Morgan fingerprint density at radius 1 is 1.48 bits per heavy atom. The van der Waals surface area contributed by atoms with Gasteiger partial charge in [0.15, 0.2) is 0 Å². The number of hydrogen-bond acceptors (Lipinski definition) is 3. The van der Waals surface area contributed by atoms with Crippen LogP contribution in [-0.2, 0) is 11.3 Å². The zero-order valence-corrected chi connectivity index (χ0v) is 13.5. The van der Waals surface area contributed by atoms with Gasteiger partial charge in [-0.05, 0) is 45.2 Å². The van der Waals surface area contributed by atoms with Gasteiger partial charge in [-0.1, -0.05) is 6.42 Å². The van der Waals surface area contributed by atoms with Crippen LogP contribution < -0.4 is 10.6 Å². The fourth-order valence-electron chi connectivity index (χ4n) is 2.77. The van der Waals surface area contributed by atoms with Gasteiger partial charge in [0, 0.05) is 15.8 Å². The average molecular weight is 310 g/mol. The Hall–Kier alpha value is -1.56. The number of hydrogen-bond donors (Lipinski definition) is 3. The normalized spacial score (nSPS) is 24.8. The molecule has 1 aliphatic carbocycles. The molecule has 0 aliphatic heterocycles. The second-order valence-electron chi connectivity index (χ2n) is 5.95. The lowest BCUT2D eigenvalue weighted by atomic mass is 9.85. The number of carboxylic acids is 1. The lowest BCUT2D eigenvalue weighted by Gasteiger charge is -2.27. The number of carbonyl (C=O) groups excluding carboxylic acids is 1. The summed E-state index contributed by atoms with van der Waals surface area (Å²) in [5, 5.41) is 15.0. The van der Waals surface area contributed by atoms with E-state index in [4.69, 9.17) is 0 Å². The lowest BCUT2D eigenvalue weighted by molar-refractivity contribution is -0.148. The zero-order valence-electron chi connectivity index (χ0n) is 12.7. The molecule has 2 rings (SSSR count). The second kappa shape index (κ2) is 6.05. The number of carboxylic acid groups (broad SMARTS) is 1. The first-order chi connectivity index (χ1) is 9.83. The van der Waals surface area contributed by atoms with Gasteiger partial charge in [0.25, 0.3) is 0 Å².